The van der Waals surface area contributed by atoms with Gasteiger partial charge in [0.2, 0.25) is 0 Å². The smallest absolute Gasteiger partial charge is 0.416 e. The Morgan fingerprint density at radius 3 is 2.19 bits per heavy atom. The summed E-state index contributed by atoms with van der Waals surface area (Å²) in [5, 5.41) is 13.0. The number of ether oxygens (including phenoxy) is 1. The van der Waals surface area contributed by atoms with Gasteiger partial charge in [0.25, 0.3) is 11.1 Å². The fourth-order valence-electron chi connectivity index (χ4n) is 4.12. The molecular formula is C30H29F3N2O5S2. The van der Waals surface area contributed by atoms with Gasteiger partial charge in [-0.3, -0.25) is 4.79 Å². The van der Waals surface area contributed by atoms with Crippen LogP contribution in [0.3, 0.4) is 0 Å². The molecule has 0 unspecified atom stereocenters. The zero-order valence-electron chi connectivity index (χ0n) is 22.8. The molecule has 1 aromatic heterocycles. The Hall–Kier alpha value is -3.74. The van der Waals surface area contributed by atoms with Crippen molar-refractivity contribution >= 4 is 27.1 Å². The minimum absolute atomic E-state index is 0.0276. The maximum atomic E-state index is 12.9. The Morgan fingerprint density at radius 1 is 1.00 bits per heavy atom. The Labute approximate surface area is 245 Å². The van der Waals surface area contributed by atoms with E-state index in [1.54, 1.807) is 43.3 Å². The number of hydrogen-bond donors (Lipinski definition) is 2. The number of alkyl halides is 3. The standard InChI is InChI=1S/C30H29F3N2O5S2/c1-3-26-27(35-29(41-26)40-18-19-5-13-23(14-6-19)30(31,32)33)21-7-9-22(10-8-21)28(37)34-25(17-36)20-11-15-24(16-12-20)42(38,39)4-2/h5-16,25,36H,3-4,17-18H2,1-2H3,(H,34,37)/t25-/m0/s1. The lowest BCUT2D eigenvalue weighted by Gasteiger charge is -2.17. The van der Waals surface area contributed by atoms with Crippen LogP contribution in [0.2, 0.25) is 0 Å². The van der Waals surface area contributed by atoms with Crippen LogP contribution in [-0.4, -0.2) is 36.8 Å². The van der Waals surface area contributed by atoms with Crippen LogP contribution in [0.4, 0.5) is 13.2 Å². The summed E-state index contributed by atoms with van der Waals surface area (Å²) >= 11 is 1.35. The summed E-state index contributed by atoms with van der Waals surface area (Å²) in [7, 11) is -3.36. The third-order valence-corrected chi connectivity index (χ3v) is 9.44. The summed E-state index contributed by atoms with van der Waals surface area (Å²) in [5.74, 6) is -0.444. The SMILES string of the molecule is CCc1sc(OCc2ccc(C(F)(F)F)cc2)nc1-c1ccc(C(=O)N[C@@H](CO)c2ccc(S(=O)(=O)CC)cc2)cc1. The Morgan fingerprint density at radius 2 is 1.64 bits per heavy atom. The van der Waals surface area contributed by atoms with Gasteiger partial charge < -0.3 is 15.2 Å². The number of thiazole rings is 1. The van der Waals surface area contributed by atoms with E-state index < -0.39 is 33.5 Å². The number of nitrogens with one attached hydrogen (secondary N) is 1. The van der Waals surface area contributed by atoms with Crippen LogP contribution >= 0.6 is 11.3 Å². The molecule has 42 heavy (non-hydrogen) atoms. The van der Waals surface area contributed by atoms with E-state index in [0.29, 0.717) is 34.0 Å². The van der Waals surface area contributed by atoms with Gasteiger partial charge in [0.15, 0.2) is 9.84 Å². The van der Waals surface area contributed by atoms with Gasteiger partial charge in [-0.25, -0.2) is 13.4 Å². The van der Waals surface area contributed by atoms with Gasteiger partial charge in [-0.15, -0.1) is 0 Å². The lowest BCUT2D eigenvalue weighted by molar-refractivity contribution is -0.137. The first-order chi connectivity index (χ1) is 19.9. The highest BCUT2D eigenvalue weighted by atomic mass is 32.2. The van der Waals surface area contributed by atoms with Crippen molar-refractivity contribution in [3.63, 3.8) is 0 Å². The molecule has 12 heteroatoms. The number of amides is 1. The largest absolute Gasteiger partial charge is 0.465 e. The lowest BCUT2D eigenvalue weighted by atomic mass is 10.1. The number of carbonyl (C=O) groups excluding carboxylic acids is 1. The highest BCUT2D eigenvalue weighted by Crippen LogP contribution is 2.34. The van der Waals surface area contributed by atoms with Crippen molar-refractivity contribution in [1.82, 2.24) is 10.3 Å². The monoisotopic (exact) mass is 618 g/mol. The maximum Gasteiger partial charge on any atom is 0.416 e. The normalized spacial score (nSPS) is 12.6. The number of nitrogens with zero attached hydrogens (tertiary/aromatic N) is 1. The molecule has 0 aliphatic carbocycles. The number of halogens is 3. The first-order valence-electron chi connectivity index (χ1n) is 13.1. The van der Waals surface area contributed by atoms with Crippen LogP contribution < -0.4 is 10.1 Å². The predicted molar refractivity (Wildman–Crippen MR) is 154 cm³/mol. The van der Waals surface area contributed by atoms with Crippen molar-refractivity contribution in [2.75, 3.05) is 12.4 Å². The second-order valence-corrected chi connectivity index (χ2v) is 12.7. The molecular weight excluding hydrogens is 589 g/mol. The van der Waals surface area contributed by atoms with E-state index in [4.69, 9.17) is 4.74 Å². The van der Waals surface area contributed by atoms with Gasteiger partial charge in [-0.1, -0.05) is 61.6 Å². The molecule has 2 N–H and O–H groups in total. The first kappa shape index (κ1) is 31.2. The van der Waals surface area contributed by atoms with Crippen molar-refractivity contribution in [2.45, 2.75) is 44.0 Å². The van der Waals surface area contributed by atoms with Crippen LogP contribution in [0.5, 0.6) is 5.19 Å². The molecule has 0 spiro atoms. The minimum Gasteiger partial charge on any atom is -0.465 e. The third kappa shape index (κ3) is 7.36. The molecule has 7 nitrogen and oxygen atoms in total. The van der Waals surface area contributed by atoms with Crippen LogP contribution in [0.25, 0.3) is 11.3 Å². The molecule has 4 aromatic rings. The number of aliphatic hydroxyl groups excluding tert-OH is 1. The molecule has 0 radical (unpaired) electrons. The van der Waals surface area contributed by atoms with Gasteiger partial charge in [-0.2, -0.15) is 13.2 Å². The van der Waals surface area contributed by atoms with E-state index >= 15 is 0 Å². The fourth-order valence-corrected chi connectivity index (χ4v) is 5.88. The summed E-state index contributed by atoms with van der Waals surface area (Å²) in [4.78, 5) is 18.6. The zero-order chi connectivity index (χ0) is 30.5. The van der Waals surface area contributed by atoms with E-state index in [1.165, 1.54) is 35.6 Å². The molecule has 1 amide bonds. The second-order valence-electron chi connectivity index (χ2n) is 9.35. The molecule has 0 saturated carbocycles. The summed E-state index contributed by atoms with van der Waals surface area (Å²) < 4.78 is 68.3. The number of rotatable bonds is 11. The van der Waals surface area contributed by atoms with Gasteiger partial charge in [0.1, 0.15) is 6.61 Å². The number of hydrogen-bond acceptors (Lipinski definition) is 7. The molecule has 0 aliphatic rings. The highest BCUT2D eigenvalue weighted by molar-refractivity contribution is 7.91. The van der Waals surface area contributed by atoms with E-state index in [2.05, 4.69) is 10.3 Å². The Kier molecular flexibility index (Phi) is 9.70. The summed E-state index contributed by atoms with van der Waals surface area (Å²) in [6.45, 7) is 3.22. The van der Waals surface area contributed by atoms with Crippen LogP contribution in [0.15, 0.2) is 77.7 Å². The molecule has 4 rings (SSSR count). The molecule has 1 heterocycles. The van der Waals surface area contributed by atoms with E-state index in [-0.39, 0.29) is 23.9 Å². The molecule has 0 aliphatic heterocycles. The van der Waals surface area contributed by atoms with E-state index in [1.807, 2.05) is 6.92 Å². The number of sulfone groups is 1. The number of carbonyl (C=O) groups is 1. The molecule has 0 saturated heterocycles. The molecule has 0 bridgehead atoms. The number of aryl methyl sites for hydroxylation is 1. The fraction of sp³-hybridized carbons (Fsp3) is 0.267. The van der Waals surface area contributed by atoms with Crippen molar-refractivity contribution in [3.05, 3.63) is 99.9 Å². The van der Waals surface area contributed by atoms with E-state index in [0.717, 1.165) is 22.6 Å². The summed E-state index contributed by atoms with van der Waals surface area (Å²) in [6, 6.07) is 16.9. The van der Waals surface area contributed by atoms with Crippen molar-refractivity contribution in [1.29, 1.82) is 0 Å². The number of benzene rings is 3. The lowest BCUT2D eigenvalue weighted by Crippen LogP contribution is -2.30. The number of aromatic nitrogens is 1. The zero-order valence-corrected chi connectivity index (χ0v) is 24.4. The summed E-state index contributed by atoms with van der Waals surface area (Å²) in [6.07, 6.45) is -3.72. The maximum absolute atomic E-state index is 12.9. The van der Waals surface area contributed by atoms with Gasteiger partial charge in [-0.05, 0) is 53.9 Å². The van der Waals surface area contributed by atoms with Crippen molar-refractivity contribution in [3.8, 4) is 16.5 Å². The van der Waals surface area contributed by atoms with Crippen molar-refractivity contribution in [2.24, 2.45) is 0 Å². The topological polar surface area (TPSA) is 106 Å². The van der Waals surface area contributed by atoms with E-state index in [9.17, 15) is 31.5 Å². The van der Waals surface area contributed by atoms with Crippen molar-refractivity contribution < 1.29 is 36.2 Å². The molecule has 222 valence electrons. The van der Waals surface area contributed by atoms with Gasteiger partial charge in [0.05, 0.1) is 34.6 Å². The van der Waals surface area contributed by atoms with Gasteiger partial charge in [0, 0.05) is 16.0 Å². The Balaban J connectivity index is 1.42. The van der Waals surface area contributed by atoms with Crippen LogP contribution in [-0.2, 0) is 29.0 Å². The average Bonchev–Trinajstić information content (AvgIpc) is 3.42. The highest BCUT2D eigenvalue weighted by Gasteiger charge is 2.30. The Bertz CT molecular complexity index is 1620. The average molecular weight is 619 g/mol. The number of aliphatic hydroxyl groups is 1. The second kappa shape index (κ2) is 13.1. The molecule has 1 atom stereocenters. The van der Waals surface area contributed by atoms with Gasteiger partial charge >= 0.3 is 6.18 Å². The van der Waals surface area contributed by atoms with Crippen LogP contribution in [0.1, 0.15) is 51.8 Å². The third-order valence-electron chi connectivity index (χ3n) is 6.57. The molecule has 3 aromatic carbocycles. The molecule has 0 fully saturated rings. The first-order valence-corrected chi connectivity index (χ1v) is 15.6. The minimum atomic E-state index is -4.40. The summed E-state index contributed by atoms with van der Waals surface area (Å²) in [5.41, 5.74) is 2.23. The predicted octanol–water partition coefficient (Wildman–Crippen LogP) is 6.23. The quantitative estimate of drug-likeness (QED) is 0.207. The van der Waals surface area contributed by atoms with Crippen LogP contribution in [0, 0.1) is 0 Å².